The first-order chi connectivity index (χ1) is 11.2. The van der Waals surface area contributed by atoms with Crippen molar-refractivity contribution in [1.29, 1.82) is 0 Å². The van der Waals surface area contributed by atoms with Crippen LogP contribution in [0.3, 0.4) is 0 Å². The number of hydrazine groups is 1. The van der Waals surface area contributed by atoms with Crippen LogP contribution in [0.4, 0.5) is 0 Å². The molecular weight excluding hydrogens is 416 g/mol. The molecule has 0 spiro atoms. The second kappa shape index (κ2) is 7.16. The zero-order valence-corrected chi connectivity index (χ0v) is 15.9. The summed E-state index contributed by atoms with van der Waals surface area (Å²) in [5.74, 6) is 0. The van der Waals surface area contributed by atoms with Crippen LogP contribution in [-0.2, 0) is 20.0 Å². The highest BCUT2D eigenvalue weighted by atomic mass is 79.9. The van der Waals surface area contributed by atoms with Gasteiger partial charge in [-0.3, -0.25) is 0 Å². The van der Waals surface area contributed by atoms with Crippen molar-refractivity contribution in [3.8, 4) is 0 Å². The molecule has 9 heteroatoms. The number of rotatable bonds is 6. The zero-order valence-electron chi connectivity index (χ0n) is 12.7. The number of hydrogen-bond donors (Lipinski definition) is 1. The van der Waals surface area contributed by atoms with Crippen LogP contribution in [0, 0.1) is 0 Å². The molecule has 128 valence electrons. The van der Waals surface area contributed by atoms with E-state index in [9.17, 15) is 16.8 Å². The van der Waals surface area contributed by atoms with Crippen LogP contribution in [-0.4, -0.2) is 28.3 Å². The first-order valence-corrected chi connectivity index (χ1v) is 10.4. The minimum absolute atomic E-state index is 0.0343. The predicted molar refractivity (Wildman–Crippen MR) is 95.9 cm³/mol. The number of nitrogens with zero attached hydrogens (tertiary/aromatic N) is 1. The van der Waals surface area contributed by atoms with Crippen molar-refractivity contribution in [3.63, 3.8) is 0 Å². The maximum absolute atomic E-state index is 12.5. The summed E-state index contributed by atoms with van der Waals surface area (Å²) in [5.41, 5.74) is 0.374. The van der Waals surface area contributed by atoms with Crippen LogP contribution in [0.15, 0.2) is 69.4 Å². The van der Waals surface area contributed by atoms with Gasteiger partial charge in [-0.25, -0.2) is 16.8 Å². The lowest BCUT2D eigenvalue weighted by Crippen LogP contribution is -2.43. The summed E-state index contributed by atoms with van der Waals surface area (Å²) < 4.78 is 51.2. The average molecular weight is 431 g/mol. The molecule has 2 aromatic rings. The molecule has 0 unspecified atom stereocenters. The number of sulfonamides is 2. The van der Waals surface area contributed by atoms with Gasteiger partial charge in [0.25, 0.3) is 20.0 Å². The lowest BCUT2D eigenvalue weighted by atomic mass is 10.2. The monoisotopic (exact) mass is 430 g/mol. The van der Waals surface area contributed by atoms with Crippen molar-refractivity contribution in [3.05, 3.63) is 65.1 Å². The molecule has 0 heterocycles. The summed E-state index contributed by atoms with van der Waals surface area (Å²) in [6.45, 7) is 3.56. The Kier molecular flexibility index (Phi) is 5.61. The van der Waals surface area contributed by atoms with Crippen molar-refractivity contribution in [2.24, 2.45) is 0 Å². The topological polar surface area (TPSA) is 83.6 Å². The van der Waals surface area contributed by atoms with Crippen LogP contribution in [0.5, 0.6) is 0 Å². The van der Waals surface area contributed by atoms with E-state index in [1.807, 2.05) is 0 Å². The van der Waals surface area contributed by atoms with E-state index in [0.29, 0.717) is 14.5 Å². The summed E-state index contributed by atoms with van der Waals surface area (Å²) in [5, 5.41) is 0. The van der Waals surface area contributed by atoms with E-state index in [-0.39, 0.29) is 9.79 Å². The molecule has 0 aliphatic heterocycles. The molecule has 2 rings (SSSR count). The molecule has 1 N–H and O–H groups in total. The van der Waals surface area contributed by atoms with Gasteiger partial charge in [0.15, 0.2) is 0 Å². The molecular formula is C15H15BrN2O4S2. The number of benzene rings is 2. The van der Waals surface area contributed by atoms with Crippen molar-refractivity contribution in [1.82, 2.24) is 9.25 Å². The fourth-order valence-electron chi connectivity index (χ4n) is 1.93. The molecule has 24 heavy (non-hydrogen) atoms. The van der Waals surface area contributed by atoms with Crippen molar-refractivity contribution in [2.45, 2.75) is 9.79 Å². The molecule has 6 nitrogen and oxygen atoms in total. The normalized spacial score (nSPS) is 12.3. The third kappa shape index (κ3) is 3.93. The highest BCUT2D eigenvalue weighted by molar-refractivity contribution is 9.10. The van der Waals surface area contributed by atoms with E-state index in [1.54, 1.807) is 30.3 Å². The molecule has 0 saturated heterocycles. The summed E-state index contributed by atoms with van der Waals surface area (Å²) in [7, 11) is -6.98. The van der Waals surface area contributed by atoms with Crippen molar-refractivity contribution >= 4 is 42.1 Å². The molecule has 0 amide bonds. The highest BCUT2D eigenvalue weighted by Crippen LogP contribution is 2.20. The molecule has 2 aromatic carbocycles. The lowest BCUT2D eigenvalue weighted by Gasteiger charge is -2.19. The number of halogens is 1. The summed E-state index contributed by atoms with van der Waals surface area (Å²) in [6.07, 6.45) is 1.39. The Morgan fingerprint density at radius 1 is 1.04 bits per heavy atom. The molecule has 0 fully saturated rings. The SMILES string of the molecule is C=Cc1ccccc1S(=O)(=O)NN(C)S(=O)(=O)c1ccc(Br)cc1. The summed E-state index contributed by atoms with van der Waals surface area (Å²) in [4.78, 5) is 1.97. The molecule has 0 radical (unpaired) electrons. The van der Waals surface area contributed by atoms with Gasteiger partial charge >= 0.3 is 0 Å². The quantitative estimate of drug-likeness (QED) is 0.713. The Morgan fingerprint density at radius 3 is 2.21 bits per heavy atom. The van der Waals surface area contributed by atoms with Gasteiger partial charge in [-0.05, 0) is 35.9 Å². The Bertz CT molecular complexity index is 955. The molecule has 0 aliphatic carbocycles. The van der Waals surface area contributed by atoms with Gasteiger partial charge in [-0.15, -0.1) is 9.25 Å². The van der Waals surface area contributed by atoms with E-state index in [2.05, 4.69) is 27.3 Å². The lowest BCUT2D eigenvalue weighted by molar-refractivity contribution is 0.432. The second-order valence-corrected chi connectivity index (χ2v) is 9.28. The Labute approximate surface area is 150 Å². The first-order valence-electron chi connectivity index (χ1n) is 6.67. The molecule has 0 bridgehead atoms. The third-order valence-corrected chi connectivity index (χ3v) is 6.94. The number of hydrogen-bond acceptors (Lipinski definition) is 4. The van der Waals surface area contributed by atoms with Gasteiger partial charge in [-0.1, -0.05) is 46.8 Å². The zero-order chi connectivity index (χ0) is 18.0. The van der Waals surface area contributed by atoms with E-state index in [4.69, 9.17) is 0 Å². The predicted octanol–water partition coefficient (Wildman–Crippen LogP) is 2.61. The van der Waals surface area contributed by atoms with Gasteiger partial charge in [0.05, 0.1) is 9.79 Å². The summed E-state index contributed by atoms with van der Waals surface area (Å²) in [6, 6.07) is 12.0. The molecule has 0 aliphatic rings. The van der Waals surface area contributed by atoms with E-state index in [0.717, 1.165) is 7.05 Å². The van der Waals surface area contributed by atoms with Gasteiger partial charge in [0, 0.05) is 11.5 Å². The molecule has 0 atom stereocenters. The van der Waals surface area contributed by atoms with Gasteiger partial charge in [0.1, 0.15) is 0 Å². The van der Waals surface area contributed by atoms with E-state index in [1.165, 1.54) is 24.3 Å². The van der Waals surface area contributed by atoms with Crippen molar-refractivity contribution < 1.29 is 16.8 Å². The molecule has 0 aromatic heterocycles. The van der Waals surface area contributed by atoms with Crippen LogP contribution >= 0.6 is 15.9 Å². The van der Waals surface area contributed by atoms with Gasteiger partial charge in [-0.2, -0.15) is 0 Å². The van der Waals surface area contributed by atoms with Crippen LogP contribution in [0.2, 0.25) is 0 Å². The minimum Gasteiger partial charge on any atom is -0.206 e. The Balaban J connectivity index is 2.35. The second-order valence-electron chi connectivity index (χ2n) is 4.76. The maximum atomic E-state index is 12.5. The summed E-state index contributed by atoms with van der Waals surface area (Å²) >= 11 is 3.22. The first kappa shape index (κ1) is 18.8. The Morgan fingerprint density at radius 2 is 1.62 bits per heavy atom. The average Bonchev–Trinajstić information content (AvgIpc) is 2.54. The fourth-order valence-corrected chi connectivity index (χ4v) is 4.83. The maximum Gasteiger partial charge on any atom is 0.256 e. The standard InChI is InChI=1S/C15H15BrN2O4S2/c1-3-12-6-4-5-7-15(12)23(19,20)17-18(2)24(21,22)14-10-8-13(16)9-11-14/h3-11,17H,1H2,2H3. The number of nitrogens with one attached hydrogen (secondary N) is 1. The smallest absolute Gasteiger partial charge is 0.206 e. The fraction of sp³-hybridized carbons (Fsp3) is 0.0667. The van der Waals surface area contributed by atoms with Crippen LogP contribution in [0.25, 0.3) is 6.08 Å². The molecule has 0 saturated carbocycles. The Hall–Kier alpha value is -1.52. The minimum atomic E-state index is -4.09. The van der Waals surface area contributed by atoms with E-state index < -0.39 is 20.0 Å². The third-order valence-electron chi connectivity index (χ3n) is 3.15. The van der Waals surface area contributed by atoms with Crippen LogP contribution < -0.4 is 4.83 Å². The van der Waals surface area contributed by atoms with Gasteiger partial charge < -0.3 is 0 Å². The van der Waals surface area contributed by atoms with Crippen LogP contribution in [0.1, 0.15) is 5.56 Å². The van der Waals surface area contributed by atoms with Gasteiger partial charge in [0.2, 0.25) is 0 Å². The highest BCUT2D eigenvalue weighted by Gasteiger charge is 2.27. The van der Waals surface area contributed by atoms with Crippen molar-refractivity contribution in [2.75, 3.05) is 7.05 Å². The van der Waals surface area contributed by atoms with E-state index >= 15 is 0 Å². The largest absolute Gasteiger partial charge is 0.256 e.